The lowest BCUT2D eigenvalue weighted by Gasteiger charge is -2.31. The molecule has 3 rings (SSSR count). The fourth-order valence-electron chi connectivity index (χ4n) is 3.15. The summed E-state index contributed by atoms with van der Waals surface area (Å²) in [5, 5.41) is 0. The molecule has 1 aliphatic heterocycles. The lowest BCUT2D eigenvalue weighted by molar-refractivity contribution is -0.132. The van der Waals surface area contributed by atoms with Gasteiger partial charge in [0.25, 0.3) is 0 Å². The molecule has 0 aliphatic carbocycles. The Bertz CT molecular complexity index is 656. The average Bonchev–Trinajstić information content (AvgIpc) is 2.97. The third-order valence-electron chi connectivity index (χ3n) is 4.64. The summed E-state index contributed by atoms with van der Waals surface area (Å²) in [7, 11) is 0. The number of carbonyl (C=O) groups excluding carboxylic acids is 1. The van der Waals surface area contributed by atoms with E-state index in [0.717, 1.165) is 54.9 Å². The van der Waals surface area contributed by atoms with Crippen LogP contribution in [0.3, 0.4) is 0 Å². The van der Waals surface area contributed by atoms with Crippen LogP contribution in [0.5, 0.6) is 0 Å². The van der Waals surface area contributed by atoms with Gasteiger partial charge in [0.05, 0.1) is 11.0 Å². The maximum atomic E-state index is 12.3. The molecular weight excluding hydrogens is 276 g/mol. The zero-order valence-electron chi connectivity index (χ0n) is 13.1. The summed E-state index contributed by atoms with van der Waals surface area (Å²) in [4.78, 5) is 22.2. The molecule has 0 unspecified atom stereocenters. The van der Waals surface area contributed by atoms with Crippen LogP contribution in [0.15, 0.2) is 18.2 Å². The zero-order valence-corrected chi connectivity index (χ0v) is 13.1. The quantitative estimate of drug-likeness (QED) is 0.907. The minimum Gasteiger partial charge on any atom is -0.343 e. The number of amides is 1. The number of para-hydroxylation sites is 1. The van der Waals surface area contributed by atoms with Crippen LogP contribution in [0, 0.1) is 12.8 Å². The summed E-state index contributed by atoms with van der Waals surface area (Å²) in [5.41, 5.74) is 8.91. The molecule has 1 aromatic carbocycles. The average molecular weight is 300 g/mol. The largest absolute Gasteiger partial charge is 0.343 e. The molecule has 2 heterocycles. The van der Waals surface area contributed by atoms with Gasteiger partial charge in [0.1, 0.15) is 5.82 Å². The lowest BCUT2D eigenvalue weighted by atomic mass is 9.97. The Hall–Kier alpha value is -1.88. The van der Waals surface area contributed by atoms with Gasteiger partial charge in [0.2, 0.25) is 5.91 Å². The van der Waals surface area contributed by atoms with Crippen LogP contribution < -0.4 is 5.73 Å². The molecule has 5 nitrogen and oxygen atoms in total. The molecule has 1 fully saturated rings. The number of likely N-dealkylation sites (tertiary alicyclic amines) is 1. The molecule has 0 radical (unpaired) electrons. The maximum absolute atomic E-state index is 12.3. The van der Waals surface area contributed by atoms with E-state index in [4.69, 9.17) is 5.73 Å². The first-order valence-corrected chi connectivity index (χ1v) is 8.09. The summed E-state index contributed by atoms with van der Waals surface area (Å²) in [6.45, 7) is 4.49. The molecule has 0 bridgehead atoms. The maximum Gasteiger partial charge on any atom is 0.223 e. The van der Waals surface area contributed by atoms with E-state index in [0.29, 0.717) is 18.8 Å². The predicted octanol–water partition coefficient (Wildman–Crippen LogP) is 2.00. The Morgan fingerprint density at radius 2 is 2.18 bits per heavy atom. The van der Waals surface area contributed by atoms with Crippen LogP contribution in [0.4, 0.5) is 0 Å². The summed E-state index contributed by atoms with van der Waals surface area (Å²) in [5.74, 6) is 1.71. The number of fused-ring (bicyclic) bond motifs is 1. The van der Waals surface area contributed by atoms with Crippen molar-refractivity contribution in [2.75, 3.05) is 19.6 Å². The first-order chi connectivity index (χ1) is 10.7. The topological polar surface area (TPSA) is 75.0 Å². The van der Waals surface area contributed by atoms with Gasteiger partial charge >= 0.3 is 0 Å². The van der Waals surface area contributed by atoms with Crippen molar-refractivity contribution in [2.45, 2.75) is 32.6 Å². The first-order valence-electron chi connectivity index (χ1n) is 8.09. The number of rotatable bonds is 4. The van der Waals surface area contributed by atoms with Crippen LogP contribution in [0.2, 0.25) is 0 Å². The molecular formula is C17H24N4O. The van der Waals surface area contributed by atoms with Crippen molar-refractivity contribution in [3.05, 3.63) is 29.6 Å². The summed E-state index contributed by atoms with van der Waals surface area (Å²) >= 11 is 0. The van der Waals surface area contributed by atoms with E-state index >= 15 is 0 Å². The van der Waals surface area contributed by atoms with E-state index < -0.39 is 0 Å². The van der Waals surface area contributed by atoms with Gasteiger partial charge in [0.15, 0.2) is 0 Å². The summed E-state index contributed by atoms with van der Waals surface area (Å²) in [6.07, 6.45) is 3.26. The van der Waals surface area contributed by atoms with Gasteiger partial charge in [0, 0.05) is 25.9 Å². The van der Waals surface area contributed by atoms with Crippen molar-refractivity contribution < 1.29 is 4.79 Å². The number of hydrogen-bond donors (Lipinski definition) is 2. The van der Waals surface area contributed by atoms with Gasteiger partial charge in [-0.3, -0.25) is 4.79 Å². The second-order valence-electron chi connectivity index (χ2n) is 6.21. The highest BCUT2D eigenvalue weighted by Gasteiger charge is 2.21. The Morgan fingerprint density at radius 3 is 2.86 bits per heavy atom. The fraction of sp³-hybridized carbons (Fsp3) is 0.529. The van der Waals surface area contributed by atoms with Crippen LogP contribution in [0.1, 0.15) is 30.7 Å². The van der Waals surface area contributed by atoms with Gasteiger partial charge in [-0.25, -0.2) is 4.98 Å². The number of hydrogen-bond acceptors (Lipinski definition) is 3. The van der Waals surface area contributed by atoms with E-state index in [-0.39, 0.29) is 5.91 Å². The number of nitrogens with zero attached hydrogens (tertiary/aromatic N) is 2. The van der Waals surface area contributed by atoms with Crippen molar-refractivity contribution in [2.24, 2.45) is 11.7 Å². The van der Waals surface area contributed by atoms with E-state index in [1.54, 1.807) is 0 Å². The molecule has 1 amide bonds. The molecule has 0 spiro atoms. The number of benzene rings is 1. The highest BCUT2D eigenvalue weighted by Crippen LogP contribution is 2.18. The Morgan fingerprint density at radius 1 is 1.41 bits per heavy atom. The minimum atomic E-state index is 0.229. The molecule has 1 saturated heterocycles. The number of imidazole rings is 1. The van der Waals surface area contributed by atoms with Crippen molar-refractivity contribution in [1.82, 2.24) is 14.9 Å². The smallest absolute Gasteiger partial charge is 0.223 e. The number of nitrogens with two attached hydrogens (primary N) is 1. The van der Waals surface area contributed by atoms with Crippen LogP contribution >= 0.6 is 0 Å². The second kappa shape index (κ2) is 6.48. The van der Waals surface area contributed by atoms with Gasteiger partial charge in [-0.15, -0.1) is 0 Å². The molecule has 5 heteroatoms. The summed E-state index contributed by atoms with van der Waals surface area (Å²) in [6, 6.07) is 6.10. The highest BCUT2D eigenvalue weighted by molar-refractivity contribution is 5.79. The molecule has 0 atom stereocenters. The number of piperidine rings is 1. The molecule has 2 aromatic rings. The van der Waals surface area contributed by atoms with Crippen molar-refractivity contribution in [1.29, 1.82) is 0 Å². The number of H-pyrrole nitrogens is 1. The lowest BCUT2D eigenvalue weighted by Crippen LogP contribution is -2.40. The summed E-state index contributed by atoms with van der Waals surface area (Å²) < 4.78 is 0. The Labute approximate surface area is 130 Å². The van der Waals surface area contributed by atoms with E-state index in [1.807, 2.05) is 17.0 Å². The SMILES string of the molecule is Cc1cccc2[nH]c(CCC(=O)N3CCC(CN)CC3)nc12. The third kappa shape index (κ3) is 3.14. The third-order valence-corrected chi connectivity index (χ3v) is 4.64. The highest BCUT2D eigenvalue weighted by atomic mass is 16.2. The fourth-order valence-corrected chi connectivity index (χ4v) is 3.15. The van der Waals surface area contributed by atoms with Crippen LogP contribution in [-0.4, -0.2) is 40.4 Å². The minimum absolute atomic E-state index is 0.229. The van der Waals surface area contributed by atoms with Gasteiger partial charge in [-0.2, -0.15) is 0 Å². The van der Waals surface area contributed by atoms with Gasteiger partial charge in [-0.05, 0) is 43.9 Å². The Kier molecular flexibility index (Phi) is 4.43. The van der Waals surface area contributed by atoms with Gasteiger partial charge < -0.3 is 15.6 Å². The van der Waals surface area contributed by atoms with Crippen LogP contribution in [0.25, 0.3) is 11.0 Å². The van der Waals surface area contributed by atoms with Crippen LogP contribution in [-0.2, 0) is 11.2 Å². The van der Waals surface area contributed by atoms with Crippen molar-refractivity contribution >= 4 is 16.9 Å². The van der Waals surface area contributed by atoms with E-state index in [9.17, 15) is 4.79 Å². The Balaban J connectivity index is 1.57. The number of aromatic amines is 1. The van der Waals surface area contributed by atoms with Crippen molar-refractivity contribution in [3.8, 4) is 0 Å². The number of aromatic nitrogens is 2. The van der Waals surface area contributed by atoms with Gasteiger partial charge in [-0.1, -0.05) is 12.1 Å². The number of carbonyl (C=O) groups is 1. The second-order valence-corrected chi connectivity index (χ2v) is 6.21. The molecule has 3 N–H and O–H groups in total. The number of nitrogens with one attached hydrogen (secondary N) is 1. The van der Waals surface area contributed by atoms with E-state index in [2.05, 4.69) is 23.0 Å². The van der Waals surface area contributed by atoms with E-state index in [1.165, 1.54) is 0 Å². The normalized spacial score (nSPS) is 16.4. The number of aryl methyl sites for hydroxylation is 2. The predicted molar refractivity (Wildman–Crippen MR) is 87.5 cm³/mol. The standard InChI is InChI=1S/C17H24N4O/c1-12-3-2-4-14-17(12)20-15(19-14)5-6-16(22)21-9-7-13(11-18)8-10-21/h2-4,13H,5-11,18H2,1H3,(H,19,20). The molecule has 0 saturated carbocycles. The zero-order chi connectivity index (χ0) is 15.5. The van der Waals surface area contributed by atoms with Crippen molar-refractivity contribution in [3.63, 3.8) is 0 Å². The first kappa shape index (κ1) is 15.0. The molecule has 118 valence electrons. The molecule has 22 heavy (non-hydrogen) atoms. The molecule has 1 aliphatic rings. The molecule has 1 aromatic heterocycles. The monoisotopic (exact) mass is 300 g/mol.